The molecule has 0 unspecified atom stereocenters. The van der Waals surface area contributed by atoms with Gasteiger partial charge in [0.25, 0.3) is 0 Å². The van der Waals surface area contributed by atoms with Crippen LogP contribution in [0.2, 0.25) is 0 Å². The Bertz CT molecular complexity index is 800. The minimum Gasteiger partial charge on any atom is -0.369 e. The molecule has 3 aromatic rings. The van der Waals surface area contributed by atoms with E-state index in [4.69, 9.17) is 5.10 Å². The van der Waals surface area contributed by atoms with Crippen LogP contribution in [0.4, 0.5) is 5.82 Å². The van der Waals surface area contributed by atoms with Crippen LogP contribution in [0.5, 0.6) is 0 Å². The van der Waals surface area contributed by atoms with Crippen LogP contribution >= 0.6 is 11.3 Å². The quantitative estimate of drug-likeness (QED) is 0.768. The zero-order valence-corrected chi connectivity index (χ0v) is 13.0. The molecule has 1 N–H and O–H groups in total. The maximum Gasteiger partial charge on any atom is 0.133 e. The summed E-state index contributed by atoms with van der Waals surface area (Å²) in [6.07, 6.45) is 1.05. The highest BCUT2D eigenvalue weighted by Crippen LogP contribution is 2.36. The van der Waals surface area contributed by atoms with E-state index in [1.807, 2.05) is 0 Å². The second-order valence-electron chi connectivity index (χ2n) is 5.53. The molecular weight excluding hydrogens is 278 g/mol. The lowest BCUT2D eigenvalue weighted by Crippen LogP contribution is -2.05. The van der Waals surface area contributed by atoms with Gasteiger partial charge in [-0.15, -0.1) is 11.3 Å². The van der Waals surface area contributed by atoms with Gasteiger partial charge in [0.05, 0.1) is 10.6 Å². The van der Waals surface area contributed by atoms with Gasteiger partial charge < -0.3 is 5.32 Å². The fourth-order valence-corrected chi connectivity index (χ4v) is 3.64. The van der Waals surface area contributed by atoms with Crippen molar-refractivity contribution in [1.82, 2.24) is 9.78 Å². The Morgan fingerprint density at radius 3 is 2.95 bits per heavy atom. The molecule has 3 heterocycles. The average molecular weight is 295 g/mol. The van der Waals surface area contributed by atoms with Gasteiger partial charge in [0.1, 0.15) is 11.5 Å². The molecule has 0 saturated heterocycles. The monoisotopic (exact) mass is 295 g/mol. The largest absolute Gasteiger partial charge is 0.369 e. The molecule has 106 valence electrons. The van der Waals surface area contributed by atoms with E-state index in [-0.39, 0.29) is 0 Å². The van der Waals surface area contributed by atoms with Crippen LogP contribution in [-0.2, 0) is 6.42 Å². The fraction of sp³-hybridized carbons (Fsp3) is 0.235. The molecular formula is C17H17N3S. The van der Waals surface area contributed by atoms with Gasteiger partial charge in [0, 0.05) is 12.1 Å². The lowest BCUT2D eigenvalue weighted by atomic mass is 10.1. The Morgan fingerprint density at radius 2 is 2.14 bits per heavy atom. The smallest absolute Gasteiger partial charge is 0.133 e. The molecule has 21 heavy (non-hydrogen) atoms. The molecule has 3 nitrogen and oxygen atoms in total. The summed E-state index contributed by atoms with van der Waals surface area (Å²) < 4.78 is 2.08. The summed E-state index contributed by atoms with van der Waals surface area (Å²) in [6, 6.07) is 10.8. The van der Waals surface area contributed by atoms with Crippen molar-refractivity contribution in [3.05, 3.63) is 52.4 Å². The highest BCUT2D eigenvalue weighted by molar-refractivity contribution is 7.13. The third kappa shape index (κ3) is 1.98. The Labute approximate surface area is 128 Å². The number of aryl methyl sites for hydroxylation is 2. The van der Waals surface area contributed by atoms with Gasteiger partial charge in [-0.2, -0.15) is 5.10 Å². The maximum absolute atomic E-state index is 4.91. The van der Waals surface area contributed by atoms with Crippen LogP contribution in [0.1, 0.15) is 16.7 Å². The molecule has 0 fully saturated rings. The van der Waals surface area contributed by atoms with Crippen LogP contribution in [0.3, 0.4) is 0 Å². The van der Waals surface area contributed by atoms with E-state index in [1.54, 1.807) is 11.3 Å². The number of aromatic nitrogens is 2. The van der Waals surface area contributed by atoms with Crippen molar-refractivity contribution in [2.75, 3.05) is 11.9 Å². The number of fused-ring (bicyclic) bond motifs is 1. The zero-order chi connectivity index (χ0) is 14.4. The van der Waals surface area contributed by atoms with Crippen molar-refractivity contribution in [2.24, 2.45) is 0 Å². The molecule has 0 aliphatic carbocycles. The summed E-state index contributed by atoms with van der Waals surface area (Å²) in [5.41, 5.74) is 6.15. The van der Waals surface area contributed by atoms with Crippen molar-refractivity contribution >= 4 is 17.2 Å². The first-order valence-corrected chi connectivity index (χ1v) is 8.09. The van der Waals surface area contributed by atoms with E-state index in [0.29, 0.717) is 0 Å². The molecule has 0 saturated carbocycles. The normalized spacial score (nSPS) is 13.2. The van der Waals surface area contributed by atoms with Crippen molar-refractivity contribution in [3.8, 4) is 16.3 Å². The van der Waals surface area contributed by atoms with Gasteiger partial charge in [0.15, 0.2) is 0 Å². The van der Waals surface area contributed by atoms with E-state index in [9.17, 15) is 0 Å². The van der Waals surface area contributed by atoms with Crippen molar-refractivity contribution in [3.63, 3.8) is 0 Å². The predicted octanol–water partition coefficient (Wildman–Crippen LogP) is 4.19. The summed E-state index contributed by atoms with van der Waals surface area (Å²) >= 11 is 1.75. The lowest BCUT2D eigenvalue weighted by molar-refractivity contribution is 0.875. The van der Waals surface area contributed by atoms with Crippen LogP contribution in [0, 0.1) is 13.8 Å². The first-order valence-electron chi connectivity index (χ1n) is 7.21. The number of hydrogen-bond donors (Lipinski definition) is 1. The van der Waals surface area contributed by atoms with Crippen molar-refractivity contribution < 1.29 is 0 Å². The predicted molar refractivity (Wildman–Crippen MR) is 88.5 cm³/mol. The molecule has 1 aliphatic heterocycles. The SMILES string of the molecule is Cc1ccc(C)c(-n2nc(-c3cccs3)c3c2NCC3)c1. The lowest BCUT2D eigenvalue weighted by Gasteiger charge is -2.10. The molecule has 1 aliphatic rings. The molecule has 0 spiro atoms. The van der Waals surface area contributed by atoms with Gasteiger partial charge in [0.2, 0.25) is 0 Å². The molecule has 4 heteroatoms. The molecule has 0 amide bonds. The number of hydrogen-bond acceptors (Lipinski definition) is 3. The van der Waals surface area contributed by atoms with Crippen LogP contribution in [0.15, 0.2) is 35.7 Å². The highest BCUT2D eigenvalue weighted by Gasteiger charge is 2.24. The molecule has 0 radical (unpaired) electrons. The van der Waals surface area contributed by atoms with Gasteiger partial charge in [-0.1, -0.05) is 18.2 Å². The Balaban J connectivity index is 1.95. The fourth-order valence-electron chi connectivity index (χ4n) is 2.91. The van der Waals surface area contributed by atoms with E-state index >= 15 is 0 Å². The first-order chi connectivity index (χ1) is 10.2. The van der Waals surface area contributed by atoms with Gasteiger partial charge in [-0.3, -0.25) is 0 Å². The number of nitrogens with zero attached hydrogens (tertiary/aromatic N) is 2. The zero-order valence-electron chi connectivity index (χ0n) is 12.2. The molecule has 1 aromatic carbocycles. The first kappa shape index (κ1) is 12.7. The van der Waals surface area contributed by atoms with E-state index in [0.717, 1.165) is 24.5 Å². The number of benzene rings is 1. The summed E-state index contributed by atoms with van der Waals surface area (Å²) in [4.78, 5) is 1.25. The second-order valence-corrected chi connectivity index (χ2v) is 6.48. The number of nitrogens with one attached hydrogen (secondary N) is 1. The summed E-state index contributed by atoms with van der Waals surface area (Å²) in [5, 5.41) is 10.5. The van der Waals surface area contributed by atoms with Gasteiger partial charge >= 0.3 is 0 Å². The molecule has 0 bridgehead atoms. The third-order valence-corrected chi connectivity index (χ3v) is 4.87. The molecule has 2 aromatic heterocycles. The minimum atomic E-state index is 0.996. The number of rotatable bonds is 2. The van der Waals surface area contributed by atoms with Crippen molar-refractivity contribution in [1.29, 1.82) is 0 Å². The topological polar surface area (TPSA) is 29.9 Å². The van der Waals surface area contributed by atoms with Crippen LogP contribution in [0.25, 0.3) is 16.3 Å². The van der Waals surface area contributed by atoms with Gasteiger partial charge in [-0.05, 0) is 48.9 Å². The van der Waals surface area contributed by atoms with E-state index in [2.05, 4.69) is 59.6 Å². The number of thiophene rings is 1. The Kier molecular flexibility index (Phi) is 2.86. The maximum atomic E-state index is 4.91. The van der Waals surface area contributed by atoms with Crippen LogP contribution in [-0.4, -0.2) is 16.3 Å². The third-order valence-electron chi connectivity index (χ3n) is 4.00. The average Bonchev–Trinajstić information content (AvgIpc) is 3.16. The summed E-state index contributed by atoms with van der Waals surface area (Å²) in [6.45, 7) is 5.26. The van der Waals surface area contributed by atoms with Gasteiger partial charge in [-0.25, -0.2) is 4.68 Å². The Hall–Kier alpha value is -2.07. The Morgan fingerprint density at radius 1 is 1.24 bits per heavy atom. The molecule has 4 rings (SSSR count). The molecule has 0 atom stereocenters. The highest BCUT2D eigenvalue weighted by atomic mass is 32.1. The number of anilines is 1. The minimum absolute atomic E-state index is 0.996. The summed E-state index contributed by atoms with van der Waals surface area (Å²) in [5.74, 6) is 1.16. The van der Waals surface area contributed by atoms with E-state index < -0.39 is 0 Å². The summed E-state index contributed by atoms with van der Waals surface area (Å²) in [7, 11) is 0. The standard InChI is InChI=1S/C17H17N3S/c1-11-5-6-12(2)14(10-11)20-17-13(7-8-18-17)16(19-20)15-4-3-9-21-15/h3-6,9-10,18H,7-8H2,1-2H3. The van der Waals surface area contributed by atoms with Crippen molar-refractivity contribution in [2.45, 2.75) is 20.3 Å². The van der Waals surface area contributed by atoms with Crippen LogP contribution < -0.4 is 5.32 Å². The van der Waals surface area contributed by atoms with E-state index in [1.165, 1.54) is 27.3 Å². The second kappa shape index (κ2) is 4.74.